The predicted molar refractivity (Wildman–Crippen MR) is 76.3 cm³/mol. The fourth-order valence-corrected chi connectivity index (χ4v) is 2.80. The SMILES string of the molecule is CC(C(=O)NC1CCCCC1)n1cc(Br)c([N+](=O)[O-])n1. The zero-order valence-corrected chi connectivity index (χ0v) is 12.8. The second kappa shape index (κ2) is 6.34. The highest BCUT2D eigenvalue weighted by Crippen LogP contribution is 2.24. The summed E-state index contributed by atoms with van der Waals surface area (Å²) in [6.07, 6.45) is 6.96. The van der Waals surface area contributed by atoms with Crippen LogP contribution >= 0.6 is 15.9 Å². The van der Waals surface area contributed by atoms with Crippen molar-refractivity contribution in [2.45, 2.75) is 51.1 Å². The van der Waals surface area contributed by atoms with Crippen molar-refractivity contribution in [1.82, 2.24) is 15.1 Å². The fourth-order valence-electron chi connectivity index (χ4n) is 2.37. The Morgan fingerprint density at radius 2 is 2.20 bits per heavy atom. The number of halogens is 1. The van der Waals surface area contributed by atoms with Crippen molar-refractivity contribution in [2.75, 3.05) is 0 Å². The summed E-state index contributed by atoms with van der Waals surface area (Å²) in [5, 5.41) is 17.6. The van der Waals surface area contributed by atoms with Gasteiger partial charge in [0.25, 0.3) is 0 Å². The topological polar surface area (TPSA) is 90.1 Å². The van der Waals surface area contributed by atoms with Gasteiger partial charge >= 0.3 is 5.82 Å². The lowest BCUT2D eigenvalue weighted by Gasteiger charge is -2.23. The summed E-state index contributed by atoms with van der Waals surface area (Å²) in [6, 6.07) is -0.352. The molecule has 0 aromatic carbocycles. The lowest BCUT2D eigenvalue weighted by molar-refractivity contribution is -0.390. The molecule has 7 nitrogen and oxygen atoms in total. The molecule has 0 radical (unpaired) electrons. The standard InChI is InChI=1S/C12H17BrN4O3/c1-8(12(18)14-9-5-3-2-4-6-9)16-7-10(13)11(15-16)17(19)20/h7-9H,2-6H2,1H3,(H,14,18). The molecule has 0 bridgehead atoms. The number of rotatable bonds is 4. The van der Waals surface area contributed by atoms with Crippen LogP contribution in [0.25, 0.3) is 0 Å². The van der Waals surface area contributed by atoms with Gasteiger partial charge < -0.3 is 15.4 Å². The van der Waals surface area contributed by atoms with E-state index in [-0.39, 0.29) is 22.2 Å². The Labute approximate surface area is 125 Å². The largest absolute Gasteiger partial charge is 0.404 e. The number of carbonyl (C=O) groups is 1. The van der Waals surface area contributed by atoms with Gasteiger partial charge in [0.15, 0.2) is 0 Å². The number of nitrogens with one attached hydrogen (secondary N) is 1. The van der Waals surface area contributed by atoms with E-state index in [1.54, 1.807) is 6.92 Å². The normalized spacial score (nSPS) is 17.7. The zero-order valence-electron chi connectivity index (χ0n) is 11.2. The molecule has 110 valence electrons. The molecule has 1 atom stereocenters. The molecule has 1 N–H and O–H groups in total. The third kappa shape index (κ3) is 3.36. The van der Waals surface area contributed by atoms with Gasteiger partial charge in [0.1, 0.15) is 10.5 Å². The Kier molecular flexibility index (Phi) is 4.74. The fraction of sp³-hybridized carbons (Fsp3) is 0.667. The van der Waals surface area contributed by atoms with E-state index < -0.39 is 11.0 Å². The lowest BCUT2D eigenvalue weighted by Crippen LogP contribution is -2.40. The second-order valence-electron chi connectivity index (χ2n) is 5.06. The molecule has 1 unspecified atom stereocenters. The van der Waals surface area contributed by atoms with Crippen molar-refractivity contribution in [2.24, 2.45) is 0 Å². The molecule has 1 aromatic heterocycles. The zero-order chi connectivity index (χ0) is 14.7. The summed E-state index contributed by atoms with van der Waals surface area (Å²) in [6.45, 7) is 1.68. The number of amides is 1. The van der Waals surface area contributed by atoms with Gasteiger partial charge in [-0.15, -0.1) is 0 Å². The number of nitrogens with zero attached hydrogens (tertiary/aromatic N) is 3. The van der Waals surface area contributed by atoms with Crippen LogP contribution in [-0.4, -0.2) is 26.7 Å². The van der Waals surface area contributed by atoms with E-state index in [0.29, 0.717) is 0 Å². The second-order valence-corrected chi connectivity index (χ2v) is 5.91. The smallest absolute Gasteiger partial charge is 0.358 e. The van der Waals surface area contributed by atoms with Crippen LogP contribution in [0.1, 0.15) is 45.1 Å². The predicted octanol–water partition coefficient (Wildman–Crippen LogP) is 2.56. The van der Waals surface area contributed by atoms with E-state index in [0.717, 1.165) is 25.7 Å². The first kappa shape index (κ1) is 15.0. The Hall–Kier alpha value is -1.44. The van der Waals surface area contributed by atoms with Gasteiger partial charge in [-0.05, 0) is 40.6 Å². The van der Waals surface area contributed by atoms with Gasteiger partial charge in [0.05, 0.1) is 11.3 Å². The Morgan fingerprint density at radius 3 is 2.75 bits per heavy atom. The quantitative estimate of drug-likeness (QED) is 0.671. The van der Waals surface area contributed by atoms with Crippen molar-refractivity contribution in [1.29, 1.82) is 0 Å². The molecule has 20 heavy (non-hydrogen) atoms. The number of hydrogen-bond donors (Lipinski definition) is 1. The number of hydrogen-bond acceptors (Lipinski definition) is 4. The van der Waals surface area contributed by atoms with E-state index in [4.69, 9.17) is 0 Å². The molecule has 1 amide bonds. The summed E-state index contributed by atoms with van der Waals surface area (Å²) in [5.74, 6) is -0.427. The first-order valence-electron chi connectivity index (χ1n) is 6.68. The molecule has 0 spiro atoms. The van der Waals surface area contributed by atoms with Gasteiger partial charge in [0, 0.05) is 6.04 Å². The van der Waals surface area contributed by atoms with Crippen LogP contribution in [0.4, 0.5) is 5.82 Å². The Balaban J connectivity index is 2.02. The summed E-state index contributed by atoms with van der Waals surface area (Å²) in [4.78, 5) is 22.3. The Bertz CT molecular complexity index is 511. The summed E-state index contributed by atoms with van der Waals surface area (Å²) >= 11 is 3.08. The van der Waals surface area contributed by atoms with E-state index >= 15 is 0 Å². The van der Waals surface area contributed by atoms with Gasteiger partial charge in [-0.3, -0.25) is 4.79 Å². The highest BCUT2D eigenvalue weighted by Gasteiger charge is 2.26. The van der Waals surface area contributed by atoms with Crippen molar-refractivity contribution in [3.63, 3.8) is 0 Å². The minimum atomic E-state index is -0.577. The van der Waals surface area contributed by atoms with Gasteiger partial charge in [0.2, 0.25) is 5.91 Å². The van der Waals surface area contributed by atoms with Crippen molar-refractivity contribution in [3.8, 4) is 0 Å². The third-order valence-electron chi connectivity index (χ3n) is 3.57. The van der Waals surface area contributed by atoms with E-state index in [1.807, 2.05) is 0 Å². The molecule has 1 aliphatic carbocycles. The highest BCUT2D eigenvalue weighted by atomic mass is 79.9. The first-order chi connectivity index (χ1) is 9.49. The third-order valence-corrected chi connectivity index (χ3v) is 4.13. The minimum Gasteiger partial charge on any atom is -0.358 e. The van der Waals surface area contributed by atoms with Gasteiger partial charge in [-0.2, -0.15) is 4.68 Å². The molecular formula is C12H17BrN4O3. The molecule has 1 aromatic rings. The molecular weight excluding hydrogens is 328 g/mol. The number of nitro groups is 1. The maximum absolute atomic E-state index is 12.1. The van der Waals surface area contributed by atoms with Crippen LogP contribution < -0.4 is 5.32 Å². The van der Waals surface area contributed by atoms with Crippen LogP contribution in [0.5, 0.6) is 0 Å². The van der Waals surface area contributed by atoms with Crippen LogP contribution in [0.3, 0.4) is 0 Å². The molecule has 1 aliphatic rings. The summed E-state index contributed by atoms with van der Waals surface area (Å²) in [7, 11) is 0. The van der Waals surface area contributed by atoms with Gasteiger partial charge in [-0.25, -0.2) is 0 Å². The van der Waals surface area contributed by atoms with Crippen LogP contribution in [0.2, 0.25) is 0 Å². The van der Waals surface area contributed by atoms with Crippen LogP contribution in [0, 0.1) is 10.1 Å². The Morgan fingerprint density at radius 1 is 1.55 bits per heavy atom. The number of aromatic nitrogens is 2. The molecule has 1 heterocycles. The van der Waals surface area contributed by atoms with Crippen molar-refractivity contribution >= 4 is 27.7 Å². The highest BCUT2D eigenvalue weighted by molar-refractivity contribution is 9.10. The lowest BCUT2D eigenvalue weighted by atomic mass is 9.95. The van der Waals surface area contributed by atoms with Crippen molar-refractivity contribution in [3.05, 3.63) is 20.8 Å². The van der Waals surface area contributed by atoms with Crippen LogP contribution in [-0.2, 0) is 4.79 Å². The van der Waals surface area contributed by atoms with E-state index in [1.165, 1.54) is 17.3 Å². The monoisotopic (exact) mass is 344 g/mol. The molecule has 0 aliphatic heterocycles. The molecule has 1 saturated carbocycles. The number of carbonyl (C=O) groups excluding carboxylic acids is 1. The van der Waals surface area contributed by atoms with E-state index in [9.17, 15) is 14.9 Å². The molecule has 0 saturated heterocycles. The average molecular weight is 345 g/mol. The summed E-state index contributed by atoms with van der Waals surface area (Å²) in [5.41, 5.74) is 0. The summed E-state index contributed by atoms with van der Waals surface area (Å²) < 4.78 is 1.60. The average Bonchev–Trinajstić information content (AvgIpc) is 2.81. The first-order valence-corrected chi connectivity index (χ1v) is 7.47. The molecule has 1 fully saturated rings. The van der Waals surface area contributed by atoms with Crippen LogP contribution in [0.15, 0.2) is 10.7 Å². The van der Waals surface area contributed by atoms with Gasteiger partial charge in [-0.1, -0.05) is 19.3 Å². The van der Waals surface area contributed by atoms with Crippen molar-refractivity contribution < 1.29 is 9.72 Å². The maximum Gasteiger partial charge on any atom is 0.404 e. The minimum absolute atomic E-state index is 0.151. The van der Waals surface area contributed by atoms with E-state index in [2.05, 4.69) is 26.3 Å². The maximum atomic E-state index is 12.1. The molecule has 8 heteroatoms. The molecule has 2 rings (SSSR count).